The van der Waals surface area contributed by atoms with E-state index in [1.54, 1.807) is 0 Å². The van der Waals surface area contributed by atoms with Crippen LogP contribution in [0.1, 0.15) is 11.1 Å². The SMILES string of the molecule is CSc1ccc2c3c(cccc13)CC(NN)C2. The first-order valence-corrected chi connectivity index (χ1v) is 7.09. The number of hydrogen-bond acceptors (Lipinski definition) is 3. The summed E-state index contributed by atoms with van der Waals surface area (Å²) in [7, 11) is 0. The van der Waals surface area contributed by atoms with Crippen molar-refractivity contribution in [3.05, 3.63) is 41.5 Å². The Hall–Kier alpha value is -1.03. The second-order valence-corrected chi connectivity index (χ2v) is 5.39. The van der Waals surface area contributed by atoms with Crippen LogP contribution in [-0.2, 0) is 12.8 Å². The molecule has 2 aromatic rings. The molecule has 1 atom stereocenters. The van der Waals surface area contributed by atoms with Gasteiger partial charge in [0.2, 0.25) is 0 Å². The Morgan fingerprint density at radius 1 is 1.18 bits per heavy atom. The Labute approximate surface area is 106 Å². The molecule has 17 heavy (non-hydrogen) atoms. The van der Waals surface area contributed by atoms with E-state index < -0.39 is 0 Å². The van der Waals surface area contributed by atoms with Crippen molar-refractivity contribution in [3.63, 3.8) is 0 Å². The van der Waals surface area contributed by atoms with Gasteiger partial charge in [0, 0.05) is 10.9 Å². The zero-order chi connectivity index (χ0) is 11.8. The minimum absolute atomic E-state index is 0.369. The molecule has 0 spiro atoms. The lowest BCUT2D eigenvalue weighted by molar-refractivity contribution is 0.517. The van der Waals surface area contributed by atoms with Crippen LogP contribution in [0.15, 0.2) is 35.2 Å². The summed E-state index contributed by atoms with van der Waals surface area (Å²) in [6.45, 7) is 0. The van der Waals surface area contributed by atoms with E-state index in [0.717, 1.165) is 12.8 Å². The van der Waals surface area contributed by atoms with Gasteiger partial charge in [-0.15, -0.1) is 11.8 Å². The summed E-state index contributed by atoms with van der Waals surface area (Å²) in [4.78, 5) is 1.37. The molecule has 3 heteroatoms. The number of thioether (sulfide) groups is 1. The van der Waals surface area contributed by atoms with Gasteiger partial charge in [-0.05, 0) is 47.1 Å². The topological polar surface area (TPSA) is 38.0 Å². The van der Waals surface area contributed by atoms with E-state index >= 15 is 0 Å². The lowest BCUT2D eigenvalue weighted by Gasteiger charge is -2.25. The van der Waals surface area contributed by atoms with Crippen LogP contribution in [0.4, 0.5) is 0 Å². The number of nitrogens with two attached hydrogens (primary N) is 1. The van der Waals surface area contributed by atoms with Gasteiger partial charge in [-0.3, -0.25) is 11.3 Å². The van der Waals surface area contributed by atoms with Crippen molar-refractivity contribution in [3.8, 4) is 0 Å². The summed E-state index contributed by atoms with van der Waals surface area (Å²) in [6.07, 6.45) is 4.19. The highest BCUT2D eigenvalue weighted by molar-refractivity contribution is 7.98. The first-order chi connectivity index (χ1) is 8.33. The highest BCUT2D eigenvalue weighted by Gasteiger charge is 2.20. The molecule has 0 saturated carbocycles. The Morgan fingerprint density at radius 3 is 2.65 bits per heavy atom. The molecule has 0 aromatic heterocycles. The lowest BCUT2D eigenvalue weighted by atomic mass is 9.86. The smallest absolute Gasteiger partial charge is 0.0291 e. The molecule has 0 saturated heterocycles. The first kappa shape index (κ1) is 11.1. The molecule has 3 N–H and O–H groups in total. The molecule has 1 aliphatic rings. The van der Waals surface area contributed by atoms with Crippen LogP contribution < -0.4 is 11.3 Å². The predicted molar refractivity (Wildman–Crippen MR) is 74.2 cm³/mol. The van der Waals surface area contributed by atoms with Crippen LogP contribution in [0.25, 0.3) is 10.8 Å². The minimum atomic E-state index is 0.369. The maximum Gasteiger partial charge on any atom is 0.0291 e. The molecule has 0 amide bonds. The molecule has 0 radical (unpaired) electrons. The van der Waals surface area contributed by atoms with Crippen molar-refractivity contribution >= 4 is 22.5 Å². The third kappa shape index (κ3) is 1.75. The van der Waals surface area contributed by atoms with Crippen molar-refractivity contribution < 1.29 is 0 Å². The van der Waals surface area contributed by atoms with Gasteiger partial charge in [-0.2, -0.15) is 0 Å². The molecular formula is C14H16N2S. The van der Waals surface area contributed by atoms with Crippen LogP contribution in [-0.4, -0.2) is 12.3 Å². The quantitative estimate of drug-likeness (QED) is 0.484. The fraction of sp³-hybridized carbons (Fsp3) is 0.286. The molecule has 0 heterocycles. The summed E-state index contributed by atoms with van der Waals surface area (Å²) in [5.41, 5.74) is 5.75. The molecule has 2 nitrogen and oxygen atoms in total. The molecule has 0 aliphatic heterocycles. The maximum atomic E-state index is 5.59. The molecule has 2 aromatic carbocycles. The van der Waals surface area contributed by atoms with E-state index in [2.05, 4.69) is 42.0 Å². The van der Waals surface area contributed by atoms with E-state index in [-0.39, 0.29) is 0 Å². The summed E-state index contributed by atoms with van der Waals surface area (Å²) >= 11 is 1.82. The van der Waals surface area contributed by atoms with E-state index in [9.17, 15) is 0 Å². The second-order valence-electron chi connectivity index (χ2n) is 4.54. The molecule has 88 valence electrons. The van der Waals surface area contributed by atoms with Crippen molar-refractivity contribution in [1.29, 1.82) is 0 Å². The van der Waals surface area contributed by atoms with Crippen LogP contribution in [0, 0.1) is 0 Å². The monoisotopic (exact) mass is 244 g/mol. The molecule has 3 rings (SSSR count). The molecule has 1 aliphatic carbocycles. The third-order valence-electron chi connectivity index (χ3n) is 3.56. The van der Waals surface area contributed by atoms with Crippen molar-refractivity contribution in [2.24, 2.45) is 5.84 Å². The number of hydrazine groups is 1. The predicted octanol–water partition coefficient (Wildman–Crippen LogP) is 2.49. The third-order valence-corrected chi connectivity index (χ3v) is 4.36. The van der Waals surface area contributed by atoms with Gasteiger partial charge in [0.05, 0.1) is 0 Å². The van der Waals surface area contributed by atoms with Gasteiger partial charge >= 0.3 is 0 Å². The second kappa shape index (κ2) is 4.33. The fourth-order valence-corrected chi connectivity index (χ4v) is 3.37. The van der Waals surface area contributed by atoms with Crippen molar-refractivity contribution in [2.75, 3.05) is 6.26 Å². The van der Waals surface area contributed by atoms with E-state index in [0.29, 0.717) is 6.04 Å². The zero-order valence-corrected chi connectivity index (χ0v) is 10.7. The van der Waals surface area contributed by atoms with Gasteiger partial charge in [0.1, 0.15) is 0 Å². The van der Waals surface area contributed by atoms with Crippen molar-refractivity contribution in [2.45, 2.75) is 23.8 Å². The molecular weight excluding hydrogens is 228 g/mol. The summed E-state index contributed by atoms with van der Waals surface area (Å²) < 4.78 is 0. The maximum absolute atomic E-state index is 5.59. The number of nitrogens with one attached hydrogen (secondary N) is 1. The van der Waals surface area contributed by atoms with Crippen LogP contribution >= 0.6 is 11.8 Å². The highest BCUT2D eigenvalue weighted by Crippen LogP contribution is 2.34. The standard InChI is InChI=1S/C14H16N2S/c1-17-13-6-5-10-8-11(16-15)7-9-3-2-4-12(13)14(9)10/h2-6,11,16H,7-8,15H2,1H3. The normalized spacial score (nSPS) is 18.6. The number of rotatable bonds is 2. The Morgan fingerprint density at radius 2 is 1.94 bits per heavy atom. The summed E-state index contributed by atoms with van der Waals surface area (Å²) in [6, 6.07) is 11.4. The average molecular weight is 244 g/mol. The van der Waals surface area contributed by atoms with Gasteiger partial charge in [-0.25, -0.2) is 0 Å². The number of hydrogen-bond donors (Lipinski definition) is 2. The van der Waals surface area contributed by atoms with E-state index in [1.165, 1.54) is 26.8 Å². The minimum Gasteiger partial charge on any atom is -0.271 e. The molecule has 0 fully saturated rings. The Bertz CT molecular complexity index is 553. The van der Waals surface area contributed by atoms with Crippen LogP contribution in [0.3, 0.4) is 0 Å². The van der Waals surface area contributed by atoms with Crippen LogP contribution in [0.2, 0.25) is 0 Å². The van der Waals surface area contributed by atoms with Gasteiger partial charge in [0.15, 0.2) is 0 Å². The zero-order valence-electron chi connectivity index (χ0n) is 9.86. The Balaban J connectivity index is 2.27. The van der Waals surface area contributed by atoms with Gasteiger partial charge in [-0.1, -0.05) is 24.3 Å². The highest BCUT2D eigenvalue weighted by atomic mass is 32.2. The van der Waals surface area contributed by atoms with E-state index in [1.807, 2.05) is 11.8 Å². The van der Waals surface area contributed by atoms with E-state index in [4.69, 9.17) is 5.84 Å². The summed E-state index contributed by atoms with van der Waals surface area (Å²) in [5, 5.41) is 2.84. The number of benzene rings is 2. The largest absolute Gasteiger partial charge is 0.271 e. The molecule has 0 bridgehead atoms. The first-order valence-electron chi connectivity index (χ1n) is 5.87. The van der Waals surface area contributed by atoms with Crippen LogP contribution in [0.5, 0.6) is 0 Å². The molecule has 1 unspecified atom stereocenters. The van der Waals surface area contributed by atoms with Gasteiger partial charge in [0.25, 0.3) is 0 Å². The van der Waals surface area contributed by atoms with Gasteiger partial charge < -0.3 is 0 Å². The Kier molecular flexibility index (Phi) is 2.82. The van der Waals surface area contributed by atoms with Crippen molar-refractivity contribution in [1.82, 2.24) is 5.43 Å². The average Bonchev–Trinajstić information content (AvgIpc) is 2.39. The summed E-state index contributed by atoms with van der Waals surface area (Å²) in [5.74, 6) is 5.59. The lowest BCUT2D eigenvalue weighted by Crippen LogP contribution is -2.40. The fourth-order valence-electron chi connectivity index (χ4n) is 2.77.